The summed E-state index contributed by atoms with van der Waals surface area (Å²) in [6, 6.07) is 4.41. The van der Waals surface area contributed by atoms with Crippen LogP contribution < -0.4 is 10.5 Å². The van der Waals surface area contributed by atoms with Crippen LogP contribution in [-0.2, 0) is 0 Å². The van der Waals surface area contributed by atoms with Gasteiger partial charge >= 0.3 is 0 Å². The fraction of sp³-hybridized carbons (Fsp3) is 0.625. The zero-order valence-electron chi connectivity index (χ0n) is 11.8. The predicted molar refractivity (Wildman–Crippen MR) is 76.0 cm³/mol. The van der Waals surface area contributed by atoms with Gasteiger partial charge in [-0.2, -0.15) is 0 Å². The van der Waals surface area contributed by atoms with Gasteiger partial charge in [0.1, 0.15) is 5.75 Å². The van der Waals surface area contributed by atoms with Gasteiger partial charge in [0.25, 0.3) is 0 Å². The van der Waals surface area contributed by atoms with E-state index in [4.69, 9.17) is 10.5 Å². The van der Waals surface area contributed by atoms with Gasteiger partial charge in [-0.05, 0) is 37.3 Å². The molecule has 0 bridgehead atoms. The molecule has 2 heteroatoms. The smallest absolute Gasteiger partial charge is 0.126 e. The van der Waals surface area contributed by atoms with Crippen LogP contribution in [0.4, 0.5) is 0 Å². The van der Waals surface area contributed by atoms with Crippen molar-refractivity contribution < 1.29 is 4.74 Å². The number of benzene rings is 1. The Morgan fingerprint density at radius 3 is 2.56 bits per heavy atom. The van der Waals surface area contributed by atoms with Crippen molar-refractivity contribution in [2.75, 3.05) is 7.11 Å². The minimum absolute atomic E-state index is 0.113. The van der Waals surface area contributed by atoms with E-state index in [0.29, 0.717) is 0 Å². The van der Waals surface area contributed by atoms with Gasteiger partial charge in [-0.1, -0.05) is 37.8 Å². The van der Waals surface area contributed by atoms with Crippen LogP contribution in [0.15, 0.2) is 12.1 Å². The number of hydrogen-bond acceptors (Lipinski definition) is 2. The minimum atomic E-state index is 0.113. The number of rotatable bonds is 4. The molecule has 1 aliphatic carbocycles. The average molecular weight is 247 g/mol. The van der Waals surface area contributed by atoms with Crippen LogP contribution in [0.1, 0.15) is 54.8 Å². The molecule has 0 aliphatic heterocycles. The van der Waals surface area contributed by atoms with Gasteiger partial charge in [0, 0.05) is 11.6 Å². The Hall–Kier alpha value is -1.02. The molecule has 0 spiro atoms. The predicted octanol–water partition coefficient (Wildman–Crippen LogP) is 3.89. The molecule has 1 aromatic carbocycles. The molecule has 0 saturated heterocycles. The van der Waals surface area contributed by atoms with Crippen LogP contribution in [-0.4, -0.2) is 7.11 Å². The molecule has 2 nitrogen and oxygen atoms in total. The van der Waals surface area contributed by atoms with E-state index in [1.54, 1.807) is 7.11 Å². The number of ether oxygens (including phenoxy) is 1. The van der Waals surface area contributed by atoms with Gasteiger partial charge in [-0.3, -0.25) is 0 Å². The Kier molecular flexibility index (Phi) is 4.28. The van der Waals surface area contributed by atoms with E-state index in [0.717, 1.165) is 18.1 Å². The molecule has 0 aromatic heterocycles. The molecule has 18 heavy (non-hydrogen) atoms. The summed E-state index contributed by atoms with van der Waals surface area (Å²) in [5.74, 6) is 1.80. The van der Waals surface area contributed by atoms with Crippen molar-refractivity contribution >= 4 is 0 Å². The lowest BCUT2D eigenvalue weighted by Gasteiger charge is -2.21. The van der Waals surface area contributed by atoms with Crippen LogP contribution in [0.25, 0.3) is 0 Å². The highest BCUT2D eigenvalue weighted by molar-refractivity contribution is 5.46. The molecule has 0 radical (unpaired) electrons. The molecular formula is C16H25NO. The topological polar surface area (TPSA) is 35.2 Å². The van der Waals surface area contributed by atoms with E-state index in [1.807, 2.05) is 0 Å². The first-order chi connectivity index (χ1) is 8.63. The van der Waals surface area contributed by atoms with Crippen molar-refractivity contribution in [2.45, 2.75) is 52.0 Å². The first kappa shape index (κ1) is 13.4. The zero-order chi connectivity index (χ0) is 13.1. The van der Waals surface area contributed by atoms with Crippen molar-refractivity contribution in [1.29, 1.82) is 0 Å². The average Bonchev–Trinajstić information content (AvgIpc) is 2.85. The second-order valence-corrected chi connectivity index (χ2v) is 5.62. The lowest BCUT2D eigenvalue weighted by molar-refractivity contribution is 0.390. The Morgan fingerprint density at radius 1 is 1.28 bits per heavy atom. The fourth-order valence-corrected chi connectivity index (χ4v) is 3.11. The lowest BCUT2D eigenvalue weighted by atomic mass is 9.91. The third kappa shape index (κ3) is 2.69. The summed E-state index contributed by atoms with van der Waals surface area (Å²) in [5.41, 5.74) is 10.1. The molecule has 100 valence electrons. The van der Waals surface area contributed by atoms with E-state index >= 15 is 0 Å². The van der Waals surface area contributed by atoms with Crippen molar-refractivity contribution in [3.63, 3.8) is 0 Å². The van der Waals surface area contributed by atoms with E-state index in [-0.39, 0.29) is 6.04 Å². The maximum Gasteiger partial charge on any atom is 0.126 e. The van der Waals surface area contributed by atoms with Crippen LogP contribution in [0.3, 0.4) is 0 Å². The fourth-order valence-electron chi connectivity index (χ4n) is 3.11. The monoisotopic (exact) mass is 247 g/mol. The van der Waals surface area contributed by atoms with Crippen molar-refractivity contribution in [2.24, 2.45) is 11.7 Å². The summed E-state index contributed by atoms with van der Waals surface area (Å²) >= 11 is 0. The SMILES string of the molecule is COc1c(C(N)CC2CCCC2)ccc(C)c1C. The highest BCUT2D eigenvalue weighted by Crippen LogP contribution is 2.36. The minimum Gasteiger partial charge on any atom is -0.496 e. The zero-order valence-corrected chi connectivity index (χ0v) is 11.8. The number of nitrogens with two attached hydrogens (primary N) is 1. The summed E-state index contributed by atoms with van der Waals surface area (Å²) in [7, 11) is 1.74. The number of aryl methyl sites for hydroxylation is 1. The third-order valence-electron chi connectivity index (χ3n) is 4.37. The molecule has 0 heterocycles. The van der Waals surface area contributed by atoms with E-state index < -0.39 is 0 Å². The van der Waals surface area contributed by atoms with Crippen LogP contribution in [0.2, 0.25) is 0 Å². The van der Waals surface area contributed by atoms with E-state index in [9.17, 15) is 0 Å². The van der Waals surface area contributed by atoms with Gasteiger partial charge in [0.2, 0.25) is 0 Å². The molecule has 2 N–H and O–H groups in total. The van der Waals surface area contributed by atoms with E-state index in [1.165, 1.54) is 42.4 Å². The van der Waals surface area contributed by atoms with Crippen LogP contribution in [0.5, 0.6) is 5.75 Å². The summed E-state index contributed by atoms with van der Waals surface area (Å²) in [4.78, 5) is 0. The first-order valence-corrected chi connectivity index (χ1v) is 7.03. The molecule has 1 saturated carbocycles. The maximum absolute atomic E-state index is 6.39. The molecule has 2 rings (SSSR count). The standard InChI is InChI=1S/C16H25NO/c1-11-8-9-14(16(18-3)12(11)2)15(17)10-13-6-4-5-7-13/h8-9,13,15H,4-7,10,17H2,1-3H3. The Labute approximate surface area is 111 Å². The molecule has 1 aliphatic rings. The lowest BCUT2D eigenvalue weighted by Crippen LogP contribution is -2.15. The summed E-state index contributed by atoms with van der Waals surface area (Å²) < 4.78 is 5.56. The number of methoxy groups -OCH3 is 1. The molecule has 1 fully saturated rings. The summed E-state index contributed by atoms with van der Waals surface area (Å²) in [6.07, 6.45) is 6.55. The normalized spacial score (nSPS) is 18.0. The van der Waals surface area contributed by atoms with Crippen LogP contribution >= 0.6 is 0 Å². The van der Waals surface area contributed by atoms with Gasteiger partial charge in [-0.25, -0.2) is 0 Å². The quantitative estimate of drug-likeness (QED) is 0.876. The Balaban J connectivity index is 2.18. The van der Waals surface area contributed by atoms with Crippen molar-refractivity contribution in [1.82, 2.24) is 0 Å². The molecule has 0 amide bonds. The molecule has 1 unspecified atom stereocenters. The van der Waals surface area contributed by atoms with Gasteiger partial charge < -0.3 is 10.5 Å². The molecule has 1 aromatic rings. The Bertz CT molecular complexity index is 408. The number of hydrogen-bond donors (Lipinski definition) is 1. The van der Waals surface area contributed by atoms with Crippen molar-refractivity contribution in [3.8, 4) is 5.75 Å². The van der Waals surface area contributed by atoms with E-state index in [2.05, 4.69) is 26.0 Å². The maximum atomic E-state index is 6.39. The van der Waals surface area contributed by atoms with Crippen molar-refractivity contribution in [3.05, 3.63) is 28.8 Å². The largest absolute Gasteiger partial charge is 0.496 e. The summed E-state index contributed by atoms with van der Waals surface area (Å²) in [6.45, 7) is 4.23. The van der Waals surface area contributed by atoms with Gasteiger partial charge in [-0.15, -0.1) is 0 Å². The second-order valence-electron chi connectivity index (χ2n) is 5.62. The second kappa shape index (κ2) is 5.75. The molecular weight excluding hydrogens is 222 g/mol. The van der Waals surface area contributed by atoms with Crippen LogP contribution in [0, 0.1) is 19.8 Å². The highest BCUT2D eigenvalue weighted by Gasteiger charge is 2.21. The highest BCUT2D eigenvalue weighted by atomic mass is 16.5. The first-order valence-electron chi connectivity index (χ1n) is 7.03. The molecule has 1 atom stereocenters. The summed E-state index contributed by atoms with van der Waals surface area (Å²) in [5, 5.41) is 0. The van der Waals surface area contributed by atoms with Gasteiger partial charge in [0.05, 0.1) is 7.11 Å². The van der Waals surface area contributed by atoms with Gasteiger partial charge in [0.15, 0.2) is 0 Å². The Morgan fingerprint density at radius 2 is 1.94 bits per heavy atom. The third-order valence-corrected chi connectivity index (χ3v) is 4.37.